The van der Waals surface area contributed by atoms with E-state index in [0.29, 0.717) is 46.9 Å². The van der Waals surface area contributed by atoms with Gasteiger partial charge in [0.15, 0.2) is 5.82 Å². The van der Waals surface area contributed by atoms with Gasteiger partial charge in [0.25, 0.3) is 6.08 Å². The molecule has 228 valence electrons. The predicted molar refractivity (Wildman–Crippen MR) is 167 cm³/mol. The minimum Gasteiger partial charge on any atom is -0.461 e. The monoisotopic (exact) mass is 639 g/mol. The van der Waals surface area contributed by atoms with Crippen LogP contribution in [0.15, 0.2) is 36.4 Å². The standard InChI is InChI=1S/C31H29ClF3N7OS/c32-21-13-19-27(26(35)25(21)18-4-1-5-22-24(18)20(14-36)28(37)44-22)39-30(43-16-31-6-2-9-42(31)10-3-7-31)40-29(19)41-11-8-38-17(15-41)12-23(33)34/h1,4-5,12-13,17,38H,2-3,6-11,15-16,37H2. The van der Waals surface area contributed by atoms with E-state index >= 15 is 4.39 Å². The normalized spacial score (nSPS) is 19.8. The topological polar surface area (TPSA) is 103 Å². The van der Waals surface area contributed by atoms with Gasteiger partial charge in [-0.25, -0.2) is 4.39 Å². The molecular formula is C31H29ClF3N7OS. The maximum absolute atomic E-state index is 16.8. The number of benzene rings is 2. The number of nitrogens with two attached hydrogens (primary N) is 1. The van der Waals surface area contributed by atoms with Crippen LogP contribution in [0.2, 0.25) is 5.02 Å². The number of rotatable bonds is 6. The molecule has 3 aliphatic heterocycles. The van der Waals surface area contributed by atoms with Crippen molar-refractivity contribution in [3.63, 3.8) is 0 Å². The second kappa shape index (κ2) is 11.4. The molecule has 3 N–H and O–H groups in total. The highest BCUT2D eigenvalue weighted by Crippen LogP contribution is 2.45. The Morgan fingerprint density at radius 3 is 2.80 bits per heavy atom. The summed E-state index contributed by atoms with van der Waals surface area (Å²) in [7, 11) is 0. The average Bonchev–Trinajstić information content (AvgIpc) is 3.67. The lowest BCUT2D eigenvalue weighted by Crippen LogP contribution is -2.50. The molecule has 2 aromatic heterocycles. The summed E-state index contributed by atoms with van der Waals surface area (Å²) in [5.74, 6) is -0.329. The lowest BCUT2D eigenvalue weighted by Gasteiger charge is -2.34. The van der Waals surface area contributed by atoms with Crippen LogP contribution in [0.1, 0.15) is 31.2 Å². The molecule has 0 bridgehead atoms. The van der Waals surface area contributed by atoms with Gasteiger partial charge in [0.1, 0.15) is 29.0 Å². The molecule has 2 aromatic carbocycles. The lowest BCUT2D eigenvalue weighted by molar-refractivity contribution is 0.108. The van der Waals surface area contributed by atoms with Gasteiger partial charge in [-0.05, 0) is 62.5 Å². The molecule has 0 radical (unpaired) electrons. The molecule has 5 heterocycles. The fourth-order valence-electron chi connectivity index (χ4n) is 7.09. The van der Waals surface area contributed by atoms with Crippen molar-refractivity contribution in [1.29, 1.82) is 5.26 Å². The molecule has 8 nitrogen and oxygen atoms in total. The van der Waals surface area contributed by atoms with Crippen LogP contribution in [0, 0.1) is 17.1 Å². The van der Waals surface area contributed by atoms with Crippen LogP contribution in [0.25, 0.3) is 32.1 Å². The number of anilines is 2. The number of hydrogen-bond donors (Lipinski definition) is 2. The predicted octanol–water partition coefficient (Wildman–Crippen LogP) is 6.32. The van der Waals surface area contributed by atoms with Gasteiger partial charge < -0.3 is 20.7 Å². The summed E-state index contributed by atoms with van der Waals surface area (Å²) in [6, 6.07) is 8.43. The Morgan fingerprint density at radius 1 is 1.25 bits per heavy atom. The molecule has 0 saturated carbocycles. The number of thiophene rings is 1. The molecule has 3 aliphatic rings. The molecule has 7 rings (SSSR count). The van der Waals surface area contributed by atoms with Crippen molar-refractivity contribution in [2.75, 3.05) is 50.0 Å². The summed E-state index contributed by atoms with van der Waals surface area (Å²) >= 11 is 8.07. The van der Waals surface area contributed by atoms with Crippen molar-refractivity contribution in [1.82, 2.24) is 20.2 Å². The van der Waals surface area contributed by atoms with Gasteiger partial charge in [-0.1, -0.05) is 23.7 Å². The maximum Gasteiger partial charge on any atom is 0.319 e. The van der Waals surface area contributed by atoms with Crippen molar-refractivity contribution in [3.8, 4) is 23.2 Å². The minimum atomic E-state index is -1.78. The Balaban J connectivity index is 1.38. The van der Waals surface area contributed by atoms with Crippen molar-refractivity contribution in [2.45, 2.75) is 37.3 Å². The molecule has 0 spiro atoms. The minimum absolute atomic E-state index is 0.00221. The van der Waals surface area contributed by atoms with Crippen LogP contribution in [-0.2, 0) is 0 Å². The fraction of sp³-hybridized carbons (Fsp3) is 0.387. The number of halogens is 4. The Kier molecular flexibility index (Phi) is 7.53. The van der Waals surface area contributed by atoms with Gasteiger partial charge >= 0.3 is 6.01 Å². The zero-order chi connectivity index (χ0) is 30.6. The number of ether oxygens (including phenoxy) is 1. The van der Waals surface area contributed by atoms with E-state index in [0.717, 1.165) is 49.5 Å². The van der Waals surface area contributed by atoms with Gasteiger partial charge in [0, 0.05) is 46.7 Å². The third kappa shape index (κ3) is 4.92. The smallest absolute Gasteiger partial charge is 0.319 e. The Labute approximate surface area is 260 Å². The van der Waals surface area contributed by atoms with E-state index in [1.54, 1.807) is 18.2 Å². The SMILES string of the molecule is N#Cc1c(N)sc2cccc(-c3c(Cl)cc4c(N5CCNC(C=C(F)F)C5)nc(OCC56CCCN5CCC6)nc4c3F)c12. The largest absolute Gasteiger partial charge is 0.461 e. The highest BCUT2D eigenvalue weighted by molar-refractivity contribution is 7.23. The summed E-state index contributed by atoms with van der Waals surface area (Å²) in [6.45, 7) is 3.46. The van der Waals surface area contributed by atoms with E-state index in [1.807, 2.05) is 11.0 Å². The first-order valence-corrected chi connectivity index (χ1v) is 15.8. The molecule has 0 aliphatic carbocycles. The summed E-state index contributed by atoms with van der Waals surface area (Å²) in [5, 5.41) is 14.2. The highest BCUT2D eigenvalue weighted by Gasteiger charge is 2.45. The molecule has 3 saturated heterocycles. The molecular weight excluding hydrogens is 611 g/mol. The number of aromatic nitrogens is 2. The highest BCUT2D eigenvalue weighted by atomic mass is 35.5. The zero-order valence-electron chi connectivity index (χ0n) is 23.7. The van der Waals surface area contributed by atoms with Crippen LogP contribution in [0.3, 0.4) is 0 Å². The molecule has 3 fully saturated rings. The van der Waals surface area contributed by atoms with E-state index in [9.17, 15) is 14.0 Å². The van der Waals surface area contributed by atoms with Crippen LogP contribution < -0.4 is 20.7 Å². The molecule has 4 aromatic rings. The zero-order valence-corrected chi connectivity index (χ0v) is 25.2. The summed E-state index contributed by atoms with van der Waals surface area (Å²) in [6.07, 6.45) is 3.29. The van der Waals surface area contributed by atoms with Gasteiger partial charge in [0.05, 0.1) is 16.1 Å². The summed E-state index contributed by atoms with van der Waals surface area (Å²) in [5.41, 5.74) is 6.82. The number of piperazine rings is 1. The Hall–Kier alpha value is -3.63. The van der Waals surface area contributed by atoms with Crippen molar-refractivity contribution in [3.05, 3.63) is 52.8 Å². The van der Waals surface area contributed by atoms with Gasteiger partial charge in [-0.15, -0.1) is 11.3 Å². The average molecular weight is 640 g/mol. The first-order chi connectivity index (χ1) is 21.3. The molecule has 1 atom stereocenters. The van der Waals surface area contributed by atoms with Gasteiger partial charge in [-0.2, -0.15) is 24.0 Å². The third-order valence-electron chi connectivity index (χ3n) is 9.08. The molecule has 1 unspecified atom stereocenters. The molecule has 44 heavy (non-hydrogen) atoms. The number of nitriles is 1. The fourth-order valence-corrected chi connectivity index (χ4v) is 8.33. The quantitative estimate of drug-likeness (QED) is 0.253. The first-order valence-electron chi connectivity index (χ1n) is 14.6. The van der Waals surface area contributed by atoms with Crippen LogP contribution >= 0.6 is 22.9 Å². The molecule has 0 amide bonds. The Morgan fingerprint density at radius 2 is 2.05 bits per heavy atom. The second-order valence-corrected chi connectivity index (χ2v) is 13.1. The second-order valence-electron chi connectivity index (χ2n) is 11.6. The van der Waals surface area contributed by atoms with Crippen molar-refractivity contribution in [2.24, 2.45) is 0 Å². The third-order valence-corrected chi connectivity index (χ3v) is 10.4. The van der Waals surface area contributed by atoms with E-state index < -0.39 is 17.9 Å². The Bertz CT molecular complexity index is 1840. The van der Waals surface area contributed by atoms with Crippen molar-refractivity contribution < 1.29 is 17.9 Å². The van der Waals surface area contributed by atoms with Crippen LogP contribution in [-0.4, -0.2) is 65.8 Å². The molecule has 13 heteroatoms. The summed E-state index contributed by atoms with van der Waals surface area (Å²) in [4.78, 5) is 13.6. The van der Waals surface area contributed by atoms with Crippen LogP contribution in [0.4, 0.5) is 24.0 Å². The van der Waals surface area contributed by atoms with Gasteiger partial charge in [0.2, 0.25) is 0 Å². The number of nitrogens with one attached hydrogen (secondary N) is 1. The lowest BCUT2D eigenvalue weighted by atomic mass is 9.95. The first kappa shape index (κ1) is 29.1. The van der Waals surface area contributed by atoms with E-state index in [4.69, 9.17) is 27.1 Å². The summed E-state index contributed by atoms with van der Waals surface area (Å²) < 4.78 is 50.1. The van der Waals surface area contributed by atoms with Gasteiger partial charge in [-0.3, -0.25) is 4.90 Å². The van der Waals surface area contributed by atoms with E-state index in [-0.39, 0.29) is 39.8 Å². The number of nitrogens with zero attached hydrogens (tertiary/aromatic N) is 5. The van der Waals surface area contributed by atoms with Crippen molar-refractivity contribution >= 4 is 54.7 Å². The number of nitrogen functional groups attached to an aromatic ring is 1. The van der Waals surface area contributed by atoms with E-state index in [1.165, 1.54) is 11.3 Å². The van der Waals surface area contributed by atoms with Crippen LogP contribution in [0.5, 0.6) is 6.01 Å². The number of fused-ring (bicyclic) bond motifs is 3. The number of hydrogen-bond acceptors (Lipinski definition) is 9. The maximum atomic E-state index is 16.8. The van der Waals surface area contributed by atoms with E-state index in [2.05, 4.69) is 21.3 Å².